The van der Waals surface area contributed by atoms with Crippen LogP contribution in [0, 0.1) is 5.92 Å². The molecule has 28 heavy (non-hydrogen) atoms. The number of hydrogen-bond acceptors (Lipinski definition) is 3. The van der Waals surface area contributed by atoms with Crippen molar-refractivity contribution in [3.63, 3.8) is 0 Å². The number of aliphatic hydroxyl groups excluding tert-OH is 1. The van der Waals surface area contributed by atoms with Crippen LogP contribution in [0.15, 0.2) is 41.7 Å². The first-order chi connectivity index (χ1) is 13.0. The molecule has 1 fully saturated rings. The van der Waals surface area contributed by atoms with E-state index in [1.54, 1.807) is 12.1 Å². The third-order valence-electron chi connectivity index (χ3n) is 4.87. The van der Waals surface area contributed by atoms with Crippen LogP contribution in [-0.4, -0.2) is 51.9 Å². The molecular weight excluding hydrogens is 489 g/mol. The van der Waals surface area contributed by atoms with Crippen molar-refractivity contribution in [3.05, 3.63) is 52.8 Å². The van der Waals surface area contributed by atoms with Gasteiger partial charge < -0.3 is 15.3 Å². The molecule has 1 saturated heterocycles. The zero-order chi connectivity index (χ0) is 19.2. The molecule has 1 aliphatic heterocycles. The summed E-state index contributed by atoms with van der Waals surface area (Å²) in [5.41, 5.74) is 2.11. The lowest BCUT2D eigenvalue weighted by Gasteiger charge is -2.22. The van der Waals surface area contributed by atoms with Crippen LogP contribution in [0.1, 0.15) is 30.6 Å². The second-order valence-electron chi connectivity index (χ2n) is 7.09. The number of likely N-dealkylation sites (tertiary alicyclic amines) is 1. The summed E-state index contributed by atoms with van der Waals surface area (Å²) < 4.78 is 1.85. The fourth-order valence-electron chi connectivity index (χ4n) is 3.49. The molecule has 2 heterocycles. The van der Waals surface area contributed by atoms with Crippen molar-refractivity contribution in [2.24, 2.45) is 18.0 Å². The summed E-state index contributed by atoms with van der Waals surface area (Å²) in [6, 6.07) is 7.27. The molecule has 0 aliphatic carbocycles. The second-order valence-corrected chi connectivity index (χ2v) is 7.53. The fourth-order valence-corrected chi connectivity index (χ4v) is 3.62. The number of aromatic nitrogens is 2. The topological polar surface area (TPSA) is 65.7 Å². The van der Waals surface area contributed by atoms with E-state index in [1.165, 1.54) is 5.56 Å². The van der Waals surface area contributed by atoms with Crippen LogP contribution in [0.5, 0.6) is 0 Å². The monoisotopic (exact) mass is 517 g/mol. The van der Waals surface area contributed by atoms with Crippen LogP contribution in [-0.2, 0) is 13.5 Å². The highest BCUT2D eigenvalue weighted by atomic mass is 127. The maximum atomic E-state index is 10.4. The Labute approximate surface area is 189 Å². The molecule has 2 aromatic rings. The van der Waals surface area contributed by atoms with Gasteiger partial charge >= 0.3 is 0 Å². The first kappa shape index (κ1) is 23.0. The highest BCUT2D eigenvalue weighted by Crippen LogP contribution is 2.21. The van der Waals surface area contributed by atoms with Gasteiger partial charge in [-0.25, -0.2) is 0 Å². The van der Waals surface area contributed by atoms with Crippen LogP contribution < -0.4 is 5.32 Å². The van der Waals surface area contributed by atoms with Crippen molar-refractivity contribution in [3.8, 4) is 0 Å². The van der Waals surface area contributed by atoms with E-state index in [-0.39, 0.29) is 24.0 Å². The molecule has 0 radical (unpaired) electrons. The molecule has 8 heteroatoms. The van der Waals surface area contributed by atoms with E-state index in [4.69, 9.17) is 11.6 Å². The number of hydrogen-bond donors (Lipinski definition) is 2. The smallest absolute Gasteiger partial charge is 0.194 e. The Balaban J connectivity index is 0.00000280. The Morgan fingerprint density at radius 3 is 2.79 bits per heavy atom. The van der Waals surface area contributed by atoms with Gasteiger partial charge in [0.05, 0.1) is 18.8 Å². The van der Waals surface area contributed by atoms with Gasteiger partial charge in [-0.1, -0.05) is 23.7 Å². The van der Waals surface area contributed by atoms with E-state index >= 15 is 0 Å². The maximum absolute atomic E-state index is 10.4. The standard InChI is InChI=1S/C20H28ClN5O.HI/c1-3-22-20(23-12-19(27)17-4-6-18(21)7-5-17)26-9-8-15(14-26)10-16-11-24-25(2)13-16;/h4-7,11,13,15,19,27H,3,8-10,12,14H2,1-2H3,(H,22,23);1H. The molecule has 2 unspecified atom stereocenters. The largest absolute Gasteiger partial charge is 0.386 e. The summed E-state index contributed by atoms with van der Waals surface area (Å²) in [5, 5.41) is 18.7. The average molecular weight is 518 g/mol. The van der Waals surface area contributed by atoms with E-state index < -0.39 is 6.10 Å². The molecular formula is C20H29ClIN5O. The zero-order valence-corrected chi connectivity index (χ0v) is 19.5. The Morgan fingerprint density at radius 1 is 1.39 bits per heavy atom. The summed E-state index contributed by atoms with van der Waals surface area (Å²) in [4.78, 5) is 6.96. The number of halogens is 2. The molecule has 2 N–H and O–H groups in total. The summed E-state index contributed by atoms with van der Waals surface area (Å²) >= 11 is 5.91. The predicted molar refractivity (Wildman–Crippen MR) is 124 cm³/mol. The predicted octanol–water partition coefficient (Wildman–Crippen LogP) is 3.26. The molecule has 2 atom stereocenters. The van der Waals surface area contributed by atoms with Crippen molar-refractivity contribution in [2.45, 2.75) is 25.9 Å². The average Bonchev–Trinajstić information content (AvgIpc) is 3.28. The molecule has 6 nitrogen and oxygen atoms in total. The quantitative estimate of drug-likeness (QED) is 0.351. The van der Waals surface area contributed by atoms with Crippen LogP contribution in [0.3, 0.4) is 0 Å². The maximum Gasteiger partial charge on any atom is 0.194 e. The highest BCUT2D eigenvalue weighted by Gasteiger charge is 2.25. The molecule has 0 amide bonds. The van der Waals surface area contributed by atoms with Gasteiger partial charge in [0.25, 0.3) is 0 Å². The van der Waals surface area contributed by atoms with Gasteiger partial charge in [0.15, 0.2) is 5.96 Å². The van der Waals surface area contributed by atoms with Crippen LogP contribution in [0.25, 0.3) is 0 Å². The van der Waals surface area contributed by atoms with Crippen LogP contribution in [0.2, 0.25) is 5.02 Å². The summed E-state index contributed by atoms with van der Waals surface area (Å²) in [5.74, 6) is 1.47. The molecule has 3 rings (SSSR count). The van der Waals surface area contributed by atoms with Crippen LogP contribution >= 0.6 is 35.6 Å². The summed E-state index contributed by atoms with van der Waals surface area (Å²) in [6.07, 6.45) is 5.58. The zero-order valence-electron chi connectivity index (χ0n) is 16.4. The minimum absolute atomic E-state index is 0. The van der Waals surface area contributed by atoms with Gasteiger partial charge in [-0.05, 0) is 48.9 Å². The van der Waals surface area contributed by atoms with Gasteiger partial charge in [0, 0.05) is 37.9 Å². The molecule has 1 aromatic heterocycles. The van der Waals surface area contributed by atoms with E-state index in [9.17, 15) is 5.11 Å². The van der Waals surface area contributed by atoms with Crippen molar-refractivity contribution < 1.29 is 5.11 Å². The number of aryl methyl sites for hydroxylation is 1. The molecule has 0 saturated carbocycles. The normalized spacial score (nSPS) is 18.1. The lowest BCUT2D eigenvalue weighted by molar-refractivity contribution is 0.186. The molecule has 0 bridgehead atoms. The van der Waals surface area contributed by atoms with E-state index in [0.29, 0.717) is 17.5 Å². The Bertz CT molecular complexity index is 764. The van der Waals surface area contributed by atoms with Gasteiger partial charge in [-0.2, -0.15) is 5.10 Å². The first-order valence-electron chi connectivity index (χ1n) is 9.49. The Hall–Kier alpha value is -1.32. The van der Waals surface area contributed by atoms with Gasteiger partial charge in [0.1, 0.15) is 0 Å². The SMILES string of the molecule is CCNC(=NCC(O)c1ccc(Cl)cc1)N1CCC(Cc2cnn(C)c2)C1.I. The number of aliphatic hydroxyl groups is 1. The third kappa shape index (κ3) is 6.35. The van der Waals surface area contributed by atoms with Crippen LogP contribution in [0.4, 0.5) is 0 Å². The van der Waals surface area contributed by atoms with Crippen molar-refractivity contribution in [2.75, 3.05) is 26.2 Å². The number of aliphatic imine (C=N–C) groups is 1. The molecule has 0 spiro atoms. The molecule has 1 aliphatic rings. The summed E-state index contributed by atoms with van der Waals surface area (Å²) in [6.45, 7) is 5.15. The van der Waals surface area contributed by atoms with Crippen molar-refractivity contribution >= 4 is 41.5 Å². The minimum Gasteiger partial charge on any atom is -0.386 e. The lowest BCUT2D eigenvalue weighted by atomic mass is 10.0. The van der Waals surface area contributed by atoms with Gasteiger partial charge in [-0.15, -0.1) is 24.0 Å². The molecule has 1 aromatic carbocycles. The van der Waals surface area contributed by atoms with E-state index in [1.807, 2.05) is 30.1 Å². The number of nitrogens with one attached hydrogen (secondary N) is 1. The number of benzene rings is 1. The Morgan fingerprint density at radius 2 is 2.14 bits per heavy atom. The lowest BCUT2D eigenvalue weighted by Crippen LogP contribution is -2.40. The third-order valence-corrected chi connectivity index (χ3v) is 5.12. The fraction of sp³-hybridized carbons (Fsp3) is 0.500. The van der Waals surface area contributed by atoms with E-state index in [0.717, 1.165) is 44.0 Å². The second kappa shape index (κ2) is 11.0. The molecule has 154 valence electrons. The van der Waals surface area contributed by atoms with Gasteiger partial charge in [-0.3, -0.25) is 9.67 Å². The van der Waals surface area contributed by atoms with Crippen molar-refractivity contribution in [1.29, 1.82) is 0 Å². The van der Waals surface area contributed by atoms with Gasteiger partial charge in [0.2, 0.25) is 0 Å². The first-order valence-corrected chi connectivity index (χ1v) is 9.87. The Kier molecular flexibility index (Phi) is 9.04. The van der Waals surface area contributed by atoms with Crippen molar-refractivity contribution in [1.82, 2.24) is 20.0 Å². The number of nitrogens with zero attached hydrogens (tertiary/aromatic N) is 4. The number of rotatable bonds is 6. The minimum atomic E-state index is -0.635. The highest BCUT2D eigenvalue weighted by molar-refractivity contribution is 14.0. The van der Waals surface area contributed by atoms with E-state index in [2.05, 4.69) is 33.4 Å². The number of guanidine groups is 1. The summed E-state index contributed by atoms with van der Waals surface area (Å²) in [7, 11) is 1.95.